The molecular formula is C16H22N2O2. The molecular weight excluding hydrogens is 252 g/mol. The molecule has 20 heavy (non-hydrogen) atoms. The normalized spacial score (nSPS) is 15.6. The number of rotatable bonds is 5. The summed E-state index contributed by atoms with van der Waals surface area (Å²) < 4.78 is 0. The maximum atomic E-state index is 12.4. The molecule has 0 radical (unpaired) electrons. The Morgan fingerprint density at radius 3 is 2.25 bits per heavy atom. The monoisotopic (exact) mass is 274 g/mol. The summed E-state index contributed by atoms with van der Waals surface area (Å²) in [6, 6.07) is 6.31. The molecule has 108 valence electrons. The van der Waals surface area contributed by atoms with E-state index in [9.17, 15) is 9.59 Å². The highest BCUT2D eigenvalue weighted by atomic mass is 16.2. The number of hydrogen-bond acceptors (Lipinski definition) is 2. The highest BCUT2D eigenvalue weighted by Crippen LogP contribution is 2.48. The number of carbonyl (C=O) groups is 2. The van der Waals surface area contributed by atoms with Gasteiger partial charge in [0, 0.05) is 20.0 Å². The largest absolute Gasteiger partial charge is 0.359 e. The number of hydrogen-bond donors (Lipinski definition) is 2. The Balaban J connectivity index is 2.03. The Morgan fingerprint density at radius 1 is 1.15 bits per heavy atom. The molecule has 0 aromatic heterocycles. The molecule has 0 bridgehead atoms. The maximum Gasteiger partial charge on any atom is 0.230 e. The van der Waals surface area contributed by atoms with E-state index in [2.05, 4.69) is 42.7 Å². The summed E-state index contributed by atoms with van der Waals surface area (Å²) in [6.07, 6.45) is 2.11. The van der Waals surface area contributed by atoms with E-state index in [0.717, 1.165) is 18.4 Å². The van der Waals surface area contributed by atoms with Crippen molar-refractivity contribution >= 4 is 11.8 Å². The molecule has 1 aromatic carbocycles. The molecule has 2 amide bonds. The average molecular weight is 274 g/mol. The van der Waals surface area contributed by atoms with Crippen molar-refractivity contribution in [3.8, 4) is 0 Å². The minimum absolute atomic E-state index is 0.0476. The van der Waals surface area contributed by atoms with Crippen LogP contribution in [0.25, 0.3) is 0 Å². The van der Waals surface area contributed by atoms with Crippen LogP contribution in [0, 0.1) is 13.8 Å². The topological polar surface area (TPSA) is 58.2 Å². The van der Waals surface area contributed by atoms with E-state index in [0.29, 0.717) is 13.0 Å². The van der Waals surface area contributed by atoms with Crippen LogP contribution < -0.4 is 10.6 Å². The summed E-state index contributed by atoms with van der Waals surface area (Å²) in [4.78, 5) is 23.5. The molecule has 2 N–H and O–H groups in total. The molecule has 4 nitrogen and oxygen atoms in total. The molecule has 0 spiro atoms. The third-order valence-electron chi connectivity index (χ3n) is 3.88. The van der Waals surface area contributed by atoms with Crippen LogP contribution in [-0.4, -0.2) is 25.4 Å². The zero-order valence-electron chi connectivity index (χ0n) is 12.4. The highest BCUT2D eigenvalue weighted by Gasteiger charge is 2.51. The number of aryl methyl sites for hydroxylation is 2. The summed E-state index contributed by atoms with van der Waals surface area (Å²) in [5.74, 6) is -0.00653. The quantitative estimate of drug-likeness (QED) is 0.856. The van der Waals surface area contributed by atoms with E-state index in [1.165, 1.54) is 11.1 Å². The van der Waals surface area contributed by atoms with E-state index in [-0.39, 0.29) is 17.2 Å². The summed E-state index contributed by atoms with van der Waals surface area (Å²) in [5, 5.41) is 5.44. The molecule has 1 fully saturated rings. The lowest BCUT2D eigenvalue weighted by atomic mass is 9.92. The standard InChI is InChI=1S/C16H22N2O2/c1-11-8-12(2)10-13(9-11)16(5-6-16)15(20)18-7-4-14(19)17-3/h8-10H,4-7H2,1-3H3,(H,17,19)(H,18,20). The van der Waals surface area contributed by atoms with Gasteiger partial charge in [-0.25, -0.2) is 0 Å². The molecule has 1 aliphatic rings. The van der Waals surface area contributed by atoms with Crippen molar-refractivity contribution in [2.75, 3.05) is 13.6 Å². The second-order valence-corrected chi connectivity index (χ2v) is 5.64. The van der Waals surface area contributed by atoms with Gasteiger partial charge in [-0.3, -0.25) is 9.59 Å². The van der Waals surface area contributed by atoms with E-state index >= 15 is 0 Å². The van der Waals surface area contributed by atoms with Crippen LogP contribution >= 0.6 is 0 Å². The molecule has 4 heteroatoms. The van der Waals surface area contributed by atoms with Crippen molar-refractivity contribution in [2.45, 2.75) is 38.5 Å². The Labute approximate surface area is 119 Å². The number of benzene rings is 1. The third-order valence-corrected chi connectivity index (χ3v) is 3.88. The molecule has 1 aromatic rings. The van der Waals surface area contributed by atoms with Crippen LogP contribution in [0.15, 0.2) is 18.2 Å². The SMILES string of the molecule is CNC(=O)CCNC(=O)C1(c2cc(C)cc(C)c2)CC1. The first kappa shape index (κ1) is 14.6. The van der Waals surface area contributed by atoms with Crippen molar-refractivity contribution in [3.63, 3.8) is 0 Å². The first-order valence-corrected chi connectivity index (χ1v) is 7.05. The first-order valence-electron chi connectivity index (χ1n) is 7.05. The van der Waals surface area contributed by atoms with Gasteiger partial charge in [0.25, 0.3) is 0 Å². The highest BCUT2D eigenvalue weighted by molar-refractivity contribution is 5.91. The predicted octanol–water partition coefficient (Wildman–Crippen LogP) is 1.59. The molecule has 2 rings (SSSR count). The zero-order chi connectivity index (χ0) is 14.8. The molecule has 0 saturated heterocycles. The average Bonchev–Trinajstić information content (AvgIpc) is 3.18. The predicted molar refractivity (Wildman–Crippen MR) is 78.5 cm³/mol. The van der Waals surface area contributed by atoms with Crippen LogP contribution in [0.5, 0.6) is 0 Å². The fourth-order valence-corrected chi connectivity index (χ4v) is 2.61. The van der Waals surface area contributed by atoms with E-state index in [4.69, 9.17) is 0 Å². The van der Waals surface area contributed by atoms with Gasteiger partial charge < -0.3 is 10.6 Å². The van der Waals surface area contributed by atoms with Gasteiger partial charge in [0.2, 0.25) is 11.8 Å². The Bertz CT molecular complexity index is 513. The smallest absolute Gasteiger partial charge is 0.230 e. The van der Waals surface area contributed by atoms with Crippen LogP contribution in [0.4, 0.5) is 0 Å². The lowest BCUT2D eigenvalue weighted by Gasteiger charge is -2.17. The maximum absolute atomic E-state index is 12.4. The third kappa shape index (κ3) is 3.00. The second kappa shape index (κ2) is 5.65. The fourth-order valence-electron chi connectivity index (χ4n) is 2.61. The molecule has 0 atom stereocenters. The Morgan fingerprint density at radius 2 is 1.75 bits per heavy atom. The lowest BCUT2D eigenvalue weighted by molar-refractivity contribution is -0.124. The van der Waals surface area contributed by atoms with Crippen molar-refractivity contribution in [3.05, 3.63) is 34.9 Å². The molecule has 0 unspecified atom stereocenters. The minimum Gasteiger partial charge on any atom is -0.359 e. The second-order valence-electron chi connectivity index (χ2n) is 5.64. The minimum atomic E-state index is -0.362. The summed E-state index contributed by atoms with van der Waals surface area (Å²) >= 11 is 0. The van der Waals surface area contributed by atoms with Gasteiger partial charge in [0.05, 0.1) is 5.41 Å². The number of nitrogens with one attached hydrogen (secondary N) is 2. The van der Waals surface area contributed by atoms with Crippen LogP contribution in [0.2, 0.25) is 0 Å². The van der Waals surface area contributed by atoms with Gasteiger partial charge in [0.15, 0.2) is 0 Å². The van der Waals surface area contributed by atoms with Crippen molar-refractivity contribution in [1.29, 1.82) is 0 Å². The Hall–Kier alpha value is -1.84. The zero-order valence-corrected chi connectivity index (χ0v) is 12.4. The summed E-state index contributed by atoms with van der Waals surface area (Å²) in [6.45, 7) is 4.50. The van der Waals surface area contributed by atoms with Crippen LogP contribution in [-0.2, 0) is 15.0 Å². The van der Waals surface area contributed by atoms with Gasteiger partial charge in [-0.15, -0.1) is 0 Å². The first-order chi connectivity index (χ1) is 9.48. The van der Waals surface area contributed by atoms with Gasteiger partial charge >= 0.3 is 0 Å². The van der Waals surface area contributed by atoms with Gasteiger partial charge in [-0.2, -0.15) is 0 Å². The molecule has 0 aliphatic heterocycles. The number of amides is 2. The summed E-state index contributed by atoms with van der Waals surface area (Å²) in [5.41, 5.74) is 3.11. The van der Waals surface area contributed by atoms with E-state index < -0.39 is 0 Å². The van der Waals surface area contributed by atoms with Crippen LogP contribution in [0.1, 0.15) is 36.0 Å². The van der Waals surface area contributed by atoms with Crippen molar-refractivity contribution < 1.29 is 9.59 Å². The summed E-state index contributed by atoms with van der Waals surface area (Å²) in [7, 11) is 1.60. The van der Waals surface area contributed by atoms with Crippen LogP contribution in [0.3, 0.4) is 0 Å². The fraction of sp³-hybridized carbons (Fsp3) is 0.500. The van der Waals surface area contributed by atoms with Crippen molar-refractivity contribution in [2.24, 2.45) is 0 Å². The van der Waals surface area contributed by atoms with Gasteiger partial charge in [0.1, 0.15) is 0 Å². The molecule has 1 aliphatic carbocycles. The van der Waals surface area contributed by atoms with Gasteiger partial charge in [-0.1, -0.05) is 29.3 Å². The Kier molecular flexibility index (Phi) is 4.12. The number of carbonyl (C=O) groups excluding carboxylic acids is 2. The van der Waals surface area contributed by atoms with E-state index in [1.807, 2.05) is 0 Å². The van der Waals surface area contributed by atoms with Gasteiger partial charge in [-0.05, 0) is 32.3 Å². The van der Waals surface area contributed by atoms with Crippen molar-refractivity contribution in [1.82, 2.24) is 10.6 Å². The van der Waals surface area contributed by atoms with E-state index in [1.54, 1.807) is 7.05 Å². The molecule has 0 heterocycles. The molecule has 1 saturated carbocycles. The lowest BCUT2D eigenvalue weighted by Crippen LogP contribution is -2.37.